The molecular formula is C25H32N2O2. The number of hydrogen-bond acceptors (Lipinski definition) is 2. The smallest absolute Gasteiger partial charge is 0.242 e. The summed E-state index contributed by atoms with van der Waals surface area (Å²) >= 11 is 0. The van der Waals surface area contributed by atoms with Crippen molar-refractivity contribution in [2.24, 2.45) is 0 Å². The minimum atomic E-state index is -0.507. The van der Waals surface area contributed by atoms with Crippen LogP contribution in [0.25, 0.3) is 0 Å². The maximum atomic E-state index is 13.3. The molecule has 0 aliphatic heterocycles. The molecule has 2 amide bonds. The predicted octanol–water partition coefficient (Wildman–Crippen LogP) is 4.32. The fourth-order valence-corrected chi connectivity index (χ4v) is 4.05. The van der Waals surface area contributed by atoms with Gasteiger partial charge in [-0.05, 0) is 50.3 Å². The van der Waals surface area contributed by atoms with E-state index in [0.717, 1.165) is 35.1 Å². The number of nitrogens with one attached hydrogen (secondary N) is 1. The molecule has 0 aromatic heterocycles. The van der Waals surface area contributed by atoms with E-state index in [4.69, 9.17) is 0 Å². The van der Waals surface area contributed by atoms with E-state index in [1.54, 1.807) is 4.90 Å². The number of carbonyl (C=O) groups is 2. The number of benzene rings is 2. The summed E-state index contributed by atoms with van der Waals surface area (Å²) in [7, 11) is 0. The summed E-state index contributed by atoms with van der Waals surface area (Å²) in [4.78, 5) is 27.9. The second-order valence-corrected chi connectivity index (χ2v) is 8.28. The van der Waals surface area contributed by atoms with Crippen molar-refractivity contribution in [3.63, 3.8) is 0 Å². The second kappa shape index (κ2) is 9.73. The fraction of sp³-hybridized carbons (Fsp3) is 0.440. The molecule has 0 saturated heterocycles. The molecule has 0 heterocycles. The average molecular weight is 393 g/mol. The highest BCUT2D eigenvalue weighted by Crippen LogP contribution is 2.19. The Morgan fingerprint density at radius 3 is 2.48 bits per heavy atom. The van der Waals surface area contributed by atoms with Gasteiger partial charge in [-0.2, -0.15) is 0 Å². The Morgan fingerprint density at radius 1 is 1.07 bits per heavy atom. The van der Waals surface area contributed by atoms with Crippen molar-refractivity contribution in [2.45, 2.75) is 71.5 Å². The molecule has 29 heavy (non-hydrogen) atoms. The van der Waals surface area contributed by atoms with Gasteiger partial charge >= 0.3 is 0 Å². The van der Waals surface area contributed by atoms with Crippen molar-refractivity contribution in [1.29, 1.82) is 0 Å². The highest BCUT2D eigenvalue weighted by molar-refractivity contribution is 5.88. The molecule has 0 bridgehead atoms. The summed E-state index contributed by atoms with van der Waals surface area (Å²) in [5.41, 5.74) is 4.30. The normalized spacial score (nSPS) is 15.1. The van der Waals surface area contributed by atoms with Crippen LogP contribution in [0.4, 0.5) is 0 Å². The van der Waals surface area contributed by atoms with Gasteiger partial charge in [0.25, 0.3) is 0 Å². The van der Waals surface area contributed by atoms with Crippen molar-refractivity contribution in [3.8, 4) is 0 Å². The van der Waals surface area contributed by atoms with Crippen LogP contribution in [0.2, 0.25) is 0 Å². The summed E-state index contributed by atoms with van der Waals surface area (Å²) < 4.78 is 0. The van der Waals surface area contributed by atoms with Crippen LogP contribution in [0.3, 0.4) is 0 Å². The summed E-state index contributed by atoms with van der Waals surface area (Å²) in [5, 5.41) is 3.15. The third-order valence-electron chi connectivity index (χ3n) is 5.91. The molecule has 1 N–H and O–H groups in total. The monoisotopic (exact) mass is 392 g/mol. The molecule has 154 valence electrons. The number of nitrogens with zero attached hydrogens (tertiary/aromatic N) is 1. The Hall–Kier alpha value is -2.62. The lowest BCUT2D eigenvalue weighted by atomic mass is 10.0. The molecule has 1 aliphatic rings. The van der Waals surface area contributed by atoms with Crippen molar-refractivity contribution < 1.29 is 9.59 Å². The van der Waals surface area contributed by atoms with Crippen molar-refractivity contribution >= 4 is 11.8 Å². The lowest BCUT2D eigenvalue weighted by Crippen LogP contribution is -2.50. The van der Waals surface area contributed by atoms with Crippen LogP contribution in [0.5, 0.6) is 0 Å². The quantitative estimate of drug-likeness (QED) is 0.763. The summed E-state index contributed by atoms with van der Waals surface area (Å²) in [6, 6.07) is 15.8. The van der Waals surface area contributed by atoms with Crippen molar-refractivity contribution in [2.75, 3.05) is 0 Å². The minimum Gasteiger partial charge on any atom is -0.352 e. The van der Waals surface area contributed by atoms with E-state index in [1.807, 2.05) is 63.2 Å². The van der Waals surface area contributed by atoms with Crippen LogP contribution in [-0.4, -0.2) is 28.8 Å². The molecule has 0 radical (unpaired) electrons. The van der Waals surface area contributed by atoms with Crippen LogP contribution in [0, 0.1) is 13.8 Å². The van der Waals surface area contributed by atoms with Crippen LogP contribution in [0.1, 0.15) is 54.9 Å². The SMILES string of the molecule is Cc1cccc(CN(C(=O)Cc2ccccc2C)[C@@H](C)C(=O)NC2CCCC2)c1. The molecule has 4 nitrogen and oxygen atoms in total. The van der Waals surface area contributed by atoms with E-state index in [-0.39, 0.29) is 17.9 Å². The van der Waals surface area contributed by atoms with Gasteiger partial charge in [-0.15, -0.1) is 0 Å². The Labute approximate surface area is 174 Å². The molecule has 1 aliphatic carbocycles. The first-order valence-electron chi connectivity index (χ1n) is 10.6. The maximum absolute atomic E-state index is 13.3. The zero-order chi connectivity index (χ0) is 20.8. The highest BCUT2D eigenvalue weighted by atomic mass is 16.2. The van der Waals surface area contributed by atoms with E-state index >= 15 is 0 Å². The van der Waals surface area contributed by atoms with Crippen LogP contribution in [-0.2, 0) is 22.6 Å². The van der Waals surface area contributed by atoms with Gasteiger partial charge in [0.1, 0.15) is 6.04 Å². The number of aryl methyl sites for hydroxylation is 2. The molecule has 1 fully saturated rings. The first kappa shape index (κ1) is 21.1. The van der Waals surface area contributed by atoms with Crippen molar-refractivity contribution in [1.82, 2.24) is 10.2 Å². The standard InChI is InChI=1S/C25H32N2O2/c1-18-9-8-11-21(15-18)17-27(20(3)25(29)26-23-13-6-7-14-23)24(28)16-22-12-5-4-10-19(22)2/h4-5,8-12,15,20,23H,6-7,13-14,16-17H2,1-3H3,(H,26,29)/t20-/m0/s1. The number of carbonyl (C=O) groups excluding carboxylic acids is 2. The first-order valence-corrected chi connectivity index (χ1v) is 10.6. The maximum Gasteiger partial charge on any atom is 0.242 e. The molecule has 1 saturated carbocycles. The second-order valence-electron chi connectivity index (χ2n) is 8.28. The van der Waals surface area contributed by atoms with Crippen LogP contribution in [0.15, 0.2) is 48.5 Å². The lowest BCUT2D eigenvalue weighted by Gasteiger charge is -2.30. The third kappa shape index (κ3) is 5.69. The van der Waals surface area contributed by atoms with E-state index < -0.39 is 6.04 Å². The first-order chi connectivity index (χ1) is 13.9. The highest BCUT2D eigenvalue weighted by Gasteiger charge is 2.28. The summed E-state index contributed by atoms with van der Waals surface area (Å²) in [6.07, 6.45) is 4.71. The third-order valence-corrected chi connectivity index (χ3v) is 5.91. The molecule has 2 aromatic rings. The van der Waals surface area contributed by atoms with Gasteiger partial charge in [0.15, 0.2) is 0 Å². The Kier molecular flexibility index (Phi) is 7.08. The van der Waals surface area contributed by atoms with Gasteiger partial charge in [-0.25, -0.2) is 0 Å². The molecular weight excluding hydrogens is 360 g/mol. The van der Waals surface area contributed by atoms with E-state index in [0.29, 0.717) is 13.0 Å². The molecule has 3 rings (SSSR count). The average Bonchev–Trinajstić information content (AvgIpc) is 3.20. The number of rotatable bonds is 7. The fourth-order valence-electron chi connectivity index (χ4n) is 4.05. The van der Waals surface area contributed by atoms with Crippen molar-refractivity contribution in [3.05, 3.63) is 70.8 Å². The van der Waals surface area contributed by atoms with Gasteiger partial charge < -0.3 is 10.2 Å². The predicted molar refractivity (Wildman–Crippen MR) is 116 cm³/mol. The number of hydrogen-bond donors (Lipinski definition) is 1. The molecule has 0 unspecified atom stereocenters. The topological polar surface area (TPSA) is 49.4 Å². The Bertz CT molecular complexity index is 855. The summed E-state index contributed by atoms with van der Waals surface area (Å²) in [5.74, 6) is -0.0717. The Morgan fingerprint density at radius 2 is 1.79 bits per heavy atom. The molecule has 4 heteroatoms. The minimum absolute atomic E-state index is 0.0186. The van der Waals surface area contributed by atoms with E-state index in [1.165, 1.54) is 12.8 Å². The van der Waals surface area contributed by atoms with E-state index in [2.05, 4.69) is 11.4 Å². The molecule has 2 aromatic carbocycles. The van der Waals surface area contributed by atoms with Crippen LogP contribution >= 0.6 is 0 Å². The summed E-state index contributed by atoms with van der Waals surface area (Å²) in [6.45, 7) is 6.34. The number of amides is 2. The lowest BCUT2D eigenvalue weighted by molar-refractivity contribution is -0.140. The van der Waals surface area contributed by atoms with E-state index in [9.17, 15) is 9.59 Å². The zero-order valence-electron chi connectivity index (χ0n) is 17.8. The van der Waals surface area contributed by atoms with Gasteiger partial charge in [-0.1, -0.05) is 66.9 Å². The molecule has 1 atom stereocenters. The Balaban J connectivity index is 1.78. The van der Waals surface area contributed by atoms with Gasteiger partial charge in [0.05, 0.1) is 6.42 Å². The van der Waals surface area contributed by atoms with Crippen LogP contribution < -0.4 is 5.32 Å². The van der Waals surface area contributed by atoms with Gasteiger partial charge in [0, 0.05) is 12.6 Å². The van der Waals surface area contributed by atoms with Gasteiger partial charge in [0.2, 0.25) is 11.8 Å². The largest absolute Gasteiger partial charge is 0.352 e. The zero-order valence-corrected chi connectivity index (χ0v) is 17.8. The molecule has 0 spiro atoms. The van der Waals surface area contributed by atoms with Gasteiger partial charge in [-0.3, -0.25) is 9.59 Å².